The van der Waals surface area contributed by atoms with Crippen LogP contribution in [0.5, 0.6) is 0 Å². The lowest BCUT2D eigenvalue weighted by Gasteiger charge is -2.14. The van der Waals surface area contributed by atoms with Crippen LogP contribution in [0.15, 0.2) is 12.4 Å². The number of hydrogen-bond donors (Lipinski definition) is 0. The van der Waals surface area contributed by atoms with E-state index in [-0.39, 0.29) is 0 Å². The van der Waals surface area contributed by atoms with E-state index in [1.54, 1.807) is 0 Å². The normalized spacial score (nSPS) is 15.4. The number of hydrogen-bond acceptors (Lipinski definition) is 1. The van der Waals surface area contributed by atoms with Gasteiger partial charge in [0.2, 0.25) is 0 Å². The summed E-state index contributed by atoms with van der Waals surface area (Å²) < 4.78 is 2.26. The van der Waals surface area contributed by atoms with Crippen molar-refractivity contribution in [2.45, 2.75) is 45.0 Å². The van der Waals surface area contributed by atoms with Crippen LogP contribution in [-0.4, -0.2) is 14.4 Å². The Balaban J connectivity index is 2.61. The fourth-order valence-electron chi connectivity index (χ4n) is 1.42. The molecule has 1 aromatic heterocycles. The maximum Gasteiger partial charge on any atom is 0.108 e. The van der Waals surface area contributed by atoms with Gasteiger partial charge in [-0.05, 0) is 12.3 Å². The molecule has 0 fully saturated rings. The van der Waals surface area contributed by atoms with Crippen molar-refractivity contribution in [3.8, 4) is 0 Å². The number of aromatic nitrogens is 2. The van der Waals surface area contributed by atoms with E-state index >= 15 is 0 Å². The lowest BCUT2D eigenvalue weighted by Crippen LogP contribution is -2.13. The van der Waals surface area contributed by atoms with Crippen LogP contribution in [0.4, 0.5) is 0 Å². The molecule has 0 aliphatic heterocycles. The van der Waals surface area contributed by atoms with Gasteiger partial charge in [-0.25, -0.2) is 4.98 Å². The van der Waals surface area contributed by atoms with Gasteiger partial charge < -0.3 is 4.57 Å². The second-order valence-corrected chi connectivity index (χ2v) is 5.34. The van der Waals surface area contributed by atoms with Crippen LogP contribution in [-0.2, 0) is 13.0 Å². The average molecular weight is 259 g/mol. The van der Waals surface area contributed by atoms with Crippen LogP contribution >= 0.6 is 15.9 Å². The Labute approximate surface area is 94.9 Å². The van der Waals surface area contributed by atoms with Crippen molar-refractivity contribution >= 4 is 15.9 Å². The third-order valence-corrected chi connectivity index (χ3v) is 3.46. The summed E-state index contributed by atoms with van der Waals surface area (Å²) in [5.74, 6) is 1.85. The van der Waals surface area contributed by atoms with Crippen molar-refractivity contribution in [2.24, 2.45) is 5.92 Å². The first-order valence-electron chi connectivity index (χ1n) is 5.29. The zero-order valence-corrected chi connectivity index (χ0v) is 10.8. The Bertz CT molecular complexity index is 268. The van der Waals surface area contributed by atoms with Gasteiger partial charge in [-0.3, -0.25) is 0 Å². The molecule has 80 valence electrons. The molecule has 0 spiro atoms. The predicted molar refractivity (Wildman–Crippen MR) is 63.8 cm³/mol. The maximum atomic E-state index is 4.40. The van der Waals surface area contributed by atoms with Crippen molar-refractivity contribution in [1.29, 1.82) is 0 Å². The molecule has 0 aliphatic carbocycles. The monoisotopic (exact) mass is 258 g/mol. The standard InChI is InChI=1S/C11H19BrN2/c1-4-6-14-7-5-13-11(14)8-9(2)10(3)12/h5,7,9-10H,4,6,8H2,1-3H3. The summed E-state index contributed by atoms with van der Waals surface area (Å²) in [6, 6.07) is 0. The van der Waals surface area contributed by atoms with Crippen LogP contribution < -0.4 is 0 Å². The lowest BCUT2D eigenvalue weighted by atomic mass is 10.0. The summed E-state index contributed by atoms with van der Waals surface area (Å²) in [7, 11) is 0. The summed E-state index contributed by atoms with van der Waals surface area (Å²) in [5.41, 5.74) is 0. The minimum atomic E-state index is 0.550. The van der Waals surface area contributed by atoms with Gasteiger partial charge >= 0.3 is 0 Å². The van der Waals surface area contributed by atoms with E-state index < -0.39 is 0 Å². The van der Waals surface area contributed by atoms with E-state index in [4.69, 9.17) is 0 Å². The molecule has 2 nitrogen and oxygen atoms in total. The van der Waals surface area contributed by atoms with Gasteiger partial charge in [0.1, 0.15) is 5.82 Å². The zero-order chi connectivity index (χ0) is 10.6. The van der Waals surface area contributed by atoms with E-state index in [0.29, 0.717) is 10.7 Å². The summed E-state index contributed by atoms with van der Waals surface area (Å²) in [6.45, 7) is 7.72. The molecule has 0 saturated heterocycles. The fourth-order valence-corrected chi connectivity index (χ4v) is 1.61. The van der Waals surface area contributed by atoms with Gasteiger partial charge in [0.05, 0.1) is 0 Å². The van der Waals surface area contributed by atoms with E-state index in [0.717, 1.165) is 13.0 Å². The van der Waals surface area contributed by atoms with Crippen LogP contribution in [0.3, 0.4) is 0 Å². The molecule has 2 unspecified atom stereocenters. The van der Waals surface area contributed by atoms with E-state index in [1.807, 2.05) is 6.20 Å². The second-order valence-electron chi connectivity index (χ2n) is 3.90. The molecule has 14 heavy (non-hydrogen) atoms. The first-order chi connectivity index (χ1) is 6.65. The van der Waals surface area contributed by atoms with Crippen molar-refractivity contribution in [3.05, 3.63) is 18.2 Å². The van der Waals surface area contributed by atoms with Crippen molar-refractivity contribution < 1.29 is 0 Å². The summed E-state index contributed by atoms with van der Waals surface area (Å²) in [5, 5.41) is 0. The molecule has 2 atom stereocenters. The minimum Gasteiger partial charge on any atom is -0.335 e. The summed E-state index contributed by atoms with van der Waals surface area (Å²) in [4.78, 5) is 4.95. The molecule has 0 saturated carbocycles. The molecule has 1 aromatic rings. The predicted octanol–water partition coefficient (Wildman–Crippen LogP) is 3.26. The summed E-state index contributed by atoms with van der Waals surface area (Å²) >= 11 is 3.61. The Hall–Kier alpha value is -0.310. The van der Waals surface area contributed by atoms with E-state index in [1.165, 1.54) is 12.2 Å². The van der Waals surface area contributed by atoms with Crippen molar-refractivity contribution in [1.82, 2.24) is 9.55 Å². The highest BCUT2D eigenvalue weighted by molar-refractivity contribution is 9.09. The molecule has 1 heterocycles. The quantitative estimate of drug-likeness (QED) is 0.742. The first kappa shape index (κ1) is 11.8. The molecule has 1 rings (SSSR count). The Morgan fingerprint density at radius 2 is 2.21 bits per heavy atom. The van der Waals surface area contributed by atoms with Gasteiger partial charge in [0.15, 0.2) is 0 Å². The Morgan fingerprint density at radius 3 is 2.79 bits per heavy atom. The number of rotatable bonds is 5. The third-order valence-electron chi connectivity index (χ3n) is 2.55. The molecule has 0 bridgehead atoms. The molecule has 0 aliphatic rings. The molecular weight excluding hydrogens is 240 g/mol. The second kappa shape index (κ2) is 5.54. The highest BCUT2D eigenvalue weighted by Gasteiger charge is 2.12. The van der Waals surface area contributed by atoms with Gasteiger partial charge in [-0.15, -0.1) is 0 Å². The van der Waals surface area contributed by atoms with Crippen molar-refractivity contribution in [3.63, 3.8) is 0 Å². The number of aryl methyl sites for hydroxylation is 1. The lowest BCUT2D eigenvalue weighted by molar-refractivity contribution is 0.531. The van der Waals surface area contributed by atoms with Gasteiger partial charge in [0, 0.05) is 30.2 Å². The van der Waals surface area contributed by atoms with Crippen LogP contribution in [0.25, 0.3) is 0 Å². The number of alkyl halides is 1. The van der Waals surface area contributed by atoms with Gasteiger partial charge in [0.25, 0.3) is 0 Å². The first-order valence-corrected chi connectivity index (χ1v) is 6.20. The topological polar surface area (TPSA) is 17.8 Å². The SMILES string of the molecule is CCCn1ccnc1CC(C)C(C)Br. The Kier molecular flexibility index (Phi) is 4.66. The third kappa shape index (κ3) is 3.12. The van der Waals surface area contributed by atoms with Gasteiger partial charge in [-0.1, -0.05) is 36.7 Å². The largest absolute Gasteiger partial charge is 0.335 e. The van der Waals surface area contributed by atoms with E-state index in [9.17, 15) is 0 Å². The van der Waals surface area contributed by atoms with Crippen LogP contribution in [0.2, 0.25) is 0 Å². The highest BCUT2D eigenvalue weighted by Crippen LogP contribution is 2.16. The molecule has 0 radical (unpaired) electrons. The Morgan fingerprint density at radius 1 is 1.50 bits per heavy atom. The number of halogens is 1. The molecular formula is C11H19BrN2. The fraction of sp³-hybridized carbons (Fsp3) is 0.727. The number of imidazole rings is 1. The molecule has 0 N–H and O–H groups in total. The van der Waals surface area contributed by atoms with E-state index in [2.05, 4.69) is 52.4 Å². The average Bonchev–Trinajstić information content (AvgIpc) is 2.53. The highest BCUT2D eigenvalue weighted by atomic mass is 79.9. The molecule has 0 aromatic carbocycles. The van der Waals surface area contributed by atoms with Crippen LogP contribution in [0, 0.1) is 5.92 Å². The minimum absolute atomic E-state index is 0.550. The molecule has 0 amide bonds. The van der Waals surface area contributed by atoms with Crippen molar-refractivity contribution in [2.75, 3.05) is 0 Å². The van der Waals surface area contributed by atoms with Gasteiger partial charge in [-0.2, -0.15) is 0 Å². The molecule has 3 heteroatoms. The maximum absolute atomic E-state index is 4.40. The smallest absolute Gasteiger partial charge is 0.108 e. The summed E-state index contributed by atoms with van der Waals surface area (Å²) in [6.07, 6.45) is 6.20. The zero-order valence-electron chi connectivity index (χ0n) is 9.20. The van der Waals surface area contributed by atoms with Crippen LogP contribution in [0.1, 0.15) is 33.0 Å². The number of nitrogens with zero attached hydrogens (tertiary/aromatic N) is 2.